The third-order valence-electron chi connectivity index (χ3n) is 13.5. The molecule has 386 valence electrons. The smallest absolute Gasteiger partial charge is 0.420 e. The molecule has 3 aliphatic heterocycles. The molecule has 0 amide bonds. The summed E-state index contributed by atoms with van der Waals surface area (Å²) in [5.41, 5.74) is -3.46. The molecule has 0 radical (unpaired) electrons. The Morgan fingerprint density at radius 1 is 0.941 bits per heavy atom. The molecule has 2 saturated heterocycles. The highest BCUT2D eigenvalue weighted by atomic mass is 28.4. The van der Waals surface area contributed by atoms with Crippen LogP contribution in [0.3, 0.4) is 0 Å². The van der Waals surface area contributed by atoms with Gasteiger partial charge in [-0.05, 0) is 133 Å². The molecule has 16 nitrogen and oxygen atoms in total. The van der Waals surface area contributed by atoms with E-state index in [2.05, 4.69) is 55.1 Å². The molecule has 18 heteroatoms. The Kier molecular flexibility index (Phi) is 19.7. The van der Waals surface area contributed by atoms with Crippen LogP contribution in [-0.4, -0.2) is 155 Å². The molecular formula is C50H85N3O13Si2. The number of nitrogens with zero attached hydrogens (tertiary/aromatic N) is 3. The average molecular weight is 992 g/mol. The van der Waals surface area contributed by atoms with Crippen LogP contribution in [0.1, 0.15) is 94.9 Å². The summed E-state index contributed by atoms with van der Waals surface area (Å²) >= 11 is 0. The molecule has 4 rings (SSSR count). The molecule has 0 bridgehead atoms. The maximum Gasteiger partial charge on any atom is 0.420 e. The van der Waals surface area contributed by atoms with Crippen LogP contribution >= 0.6 is 0 Å². The van der Waals surface area contributed by atoms with Crippen molar-refractivity contribution in [3.63, 3.8) is 0 Å². The number of Topliss-reactive ketones (excluding diaryl/α,β-unsaturated/α-hetero) is 1. The van der Waals surface area contributed by atoms with E-state index < -0.39 is 112 Å². The van der Waals surface area contributed by atoms with E-state index in [4.69, 9.17) is 53.2 Å². The molecule has 0 saturated carbocycles. The second-order valence-corrected chi connectivity index (χ2v) is 31.1. The average Bonchev–Trinajstić information content (AvgIpc) is 3.79. The van der Waals surface area contributed by atoms with E-state index in [0.717, 1.165) is 0 Å². The first-order chi connectivity index (χ1) is 31.4. The number of rotatable bonds is 14. The quantitative estimate of drug-likeness (QED) is 0.1000. The number of ether oxygens (including phenoxy) is 8. The van der Waals surface area contributed by atoms with Crippen molar-refractivity contribution < 1.29 is 61.1 Å². The van der Waals surface area contributed by atoms with Gasteiger partial charge < -0.3 is 51.6 Å². The minimum absolute atomic E-state index is 0.0743. The van der Waals surface area contributed by atoms with E-state index in [9.17, 15) is 9.59 Å². The third kappa shape index (κ3) is 14.4. The van der Waals surface area contributed by atoms with Crippen molar-refractivity contribution in [3.8, 4) is 12.3 Å². The molecule has 3 aliphatic rings. The van der Waals surface area contributed by atoms with Crippen molar-refractivity contribution in [2.75, 3.05) is 27.8 Å². The van der Waals surface area contributed by atoms with Gasteiger partial charge in [0.25, 0.3) is 0 Å². The Labute approximate surface area is 409 Å². The van der Waals surface area contributed by atoms with Gasteiger partial charge in [0.15, 0.2) is 40.6 Å². The molecule has 0 aromatic carbocycles. The number of carbonyl (C=O) groups excluding carboxylic acids is 3. The number of cyclic esters (lactones) is 1. The Bertz CT molecular complexity index is 1920. The highest BCUT2D eigenvalue weighted by Gasteiger charge is 2.54. The van der Waals surface area contributed by atoms with Crippen molar-refractivity contribution in [2.45, 2.75) is 212 Å². The lowest BCUT2D eigenvalue weighted by Crippen LogP contribution is -2.63. The number of esters is 1. The number of ketones is 1. The standard InChI is InChI=1S/C50H85N3O13Si2/c1-21-25-58-50(11)28-32(4)40(54)31(3)27-48(9,64-47(56)53-24-23-51-30-53)38(22-2)61-45(55)35(7)41(62-39-29-49(10,57-14)44(36(8)60-39)66-68(18,19)20)34(6)43(50)63-46-42(65-67(15,16)17)37(52(12)13)26-33(5)59-46/h1,23-24,27,30,32-39,41-44,46H,22,25-26,28-29H2,2-20H3/t32-,33-,34+,35-,36?,37+,38-,39?,41+,42-,43-,44?,46+,48+,49?,50-/m1/s1. The minimum atomic E-state index is -2.23. The van der Waals surface area contributed by atoms with E-state index in [-0.39, 0.29) is 43.8 Å². The summed E-state index contributed by atoms with van der Waals surface area (Å²) in [5, 5.41) is 0. The molecule has 4 heterocycles. The fourth-order valence-corrected chi connectivity index (χ4v) is 12.5. The molecule has 0 aliphatic carbocycles. The lowest BCUT2D eigenvalue weighted by Gasteiger charge is -2.51. The summed E-state index contributed by atoms with van der Waals surface area (Å²) in [6, 6.07) is -0.0743. The first-order valence-electron chi connectivity index (χ1n) is 24.3. The maximum atomic E-state index is 15.0. The van der Waals surface area contributed by atoms with Gasteiger partial charge in [-0.25, -0.2) is 14.3 Å². The van der Waals surface area contributed by atoms with E-state index in [0.29, 0.717) is 12.0 Å². The Morgan fingerprint density at radius 2 is 1.59 bits per heavy atom. The van der Waals surface area contributed by atoms with Crippen LogP contribution in [0.5, 0.6) is 0 Å². The van der Waals surface area contributed by atoms with Crippen LogP contribution in [0.4, 0.5) is 4.79 Å². The summed E-state index contributed by atoms with van der Waals surface area (Å²) in [6.45, 7) is 31.1. The maximum absolute atomic E-state index is 15.0. The number of imidazole rings is 1. The molecule has 1 aromatic heterocycles. The summed E-state index contributed by atoms with van der Waals surface area (Å²) < 4.78 is 68.4. The second-order valence-electron chi connectivity index (χ2n) is 22.2. The van der Waals surface area contributed by atoms with Crippen LogP contribution in [0.2, 0.25) is 39.3 Å². The third-order valence-corrected chi connectivity index (χ3v) is 15.5. The Morgan fingerprint density at radius 3 is 2.13 bits per heavy atom. The number of allylic oxidation sites excluding steroid dienone is 1. The van der Waals surface area contributed by atoms with Crippen LogP contribution < -0.4 is 0 Å². The zero-order valence-corrected chi connectivity index (χ0v) is 46.6. The summed E-state index contributed by atoms with van der Waals surface area (Å²) in [7, 11) is 1.40. The van der Waals surface area contributed by atoms with Crippen LogP contribution in [0.25, 0.3) is 0 Å². The zero-order valence-electron chi connectivity index (χ0n) is 44.6. The normalized spacial score (nSPS) is 38.3. The predicted octanol–water partition coefficient (Wildman–Crippen LogP) is 8.00. The van der Waals surface area contributed by atoms with E-state index >= 15 is 4.79 Å². The Hall–Kier alpha value is -2.81. The van der Waals surface area contributed by atoms with Gasteiger partial charge in [0.05, 0.1) is 47.6 Å². The monoisotopic (exact) mass is 992 g/mol. The lowest BCUT2D eigenvalue weighted by molar-refractivity contribution is -0.317. The number of carbonyl (C=O) groups is 3. The van der Waals surface area contributed by atoms with Gasteiger partial charge in [0.2, 0.25) is 0 Å². The van der Waals surface area contributed by atoms with E-state index in [1.165, 1.54) is 23.3 Å². The predicted molar refractivity (Wildman–Crippen MR) is 264 cm³/mol. The molecule has 4 unspecified atom stereocenters. The van der Waals surface area contributed by atoms with Crippen LogP contribution in [0.15, 0.2) is 30.4 Å². The minimum Gasteiger partial charge on any atom is -0.457 e. The van der Waals surface area contributed by atoms with Gasteiger partial charge >= 0.3 is 12.1 Å². The van der Waals surface area contributed by atoms with Gasteiger partial charge in [-0.2, -0.15) is 0 Å². The van der Waals surface area contributed by atoms with Crippen molar-refractivity contribution in [3.05, 3.63) is 30.4 Å². The van der Waals surface area contributed by atoms with Crippen molar-refractivity contribution >= 4 is 34.5 Å². The molecule has 0 spiro atoms. The van der Waals surface area contributed by atoms with Gasteiger partial charge in [-0.3, -0.25) is 9.59 Å². The second kappa shape index (κ2) is 23.2. The number of methoxy groups -OCH3 is 1. The van der Waals surface area contributed by atoms with E-state index in [1.54, 1.807) is 34.0 Å². The summed E-state index contributed by atoms with van der Waals surface area (Å²) in [6.07, 6.45) is 5.87. The van der Waals surface area contributed by atoms with Gasteiger partial charge in [-0.15, -0.1) is 6.42 Å². The molecular weight excluding hydrogens is 907 g/mol. The SMILES string of the molecule is C#CCO[C@]1(C)C[C@@H](C)C(=O)C(C)=C[C@](C)(OC(=O)n2ccnc2)[C@@H](CC)OC(=O)[C@H](C)[C@@H](OC2CC(C)(OC)C(O[Si](C)(C)C)C(C)O2)[C@H](C)[C@H]1O[C@@H]1O[C@H](C)C[C@H](N(C)C)[C@H]1O[Si](C)(C)C. The fourth-order valence-electron chi connectivity index (χ4n) is 10.2. The lowest BCUT2D eigenvalue weighted by atomic mass is 9.76. The van der Waals surface area contributed by atoms with Gasteiger partial charge in [0.1, 0.15) is 25.1 Å². The summed E-state index contributed by atoms with van der Waals surface area (Å²) in [5.74, 6) is -0.654. The van der Waals surface area contributed by atoms with E-state index in [1.807, 2.05) is 62.6 Å². The van der Waals surface area contributed by atoms with Gasteiger partial charge in [-0.1, -0.05) is 26.7 Å². The van der Waals surface area contributed by atoms with Crippen molar-refractivity contribution in [2.24, 2.45) is 17.8 Å². The zero-order chi connectivity index (χ0) is 51.3. The first-order valence-corrected chi connectivity index (χ1v) is 31.1. The highest BCUT2D eigenvalue weighted by molar-refractivity contribution is 6.70. The number of hydrogen-bond acceptors (Lipinski definition) is 15. The van der Waals surface area contributed by atoms with Gasteiger partial charge in [0, 0.05) is 43.8 Å². The topological polar surface area (TPSA) is 165 Å². The number of terminal acetylenes is 1. The molecule has 16 atom stereocenters. The number of likely N-dealkylation sites (N-methyl/N-ethyl adjacent to an activating group) is 1. The number of aromatic nitrogens is 2. The summed E-state index contributed by atoms with van der Waals surface area (Å²) in [4.78, 5) is 49.5. The van der Waals surface area contributed by atoms with Crippen LogP contribution in [-0.2, 0) is 56.3 Å². The van der Waals surface area contributed by atoms with Crippen molar-refractivity contribution in [1.29, 1.82) is 0 Å². The fraction of sp³-hybridized carbons (Fsp3) is 0.800. The highest BCUT2D eigenvalue weighted by Crippen LogP contribution is 2.43. The number of hydrogen-bond donors (Lipinski definition) is 0. The Balaban J connectivity index is 1.98. The molecule has 2 fully saturated rings. The largest absolute Gasteiger partial charge is 0.457 e. The molecule has 1 aromatic rings. The van der Waals surface area contributed by atoms with Crippen LogP contribution in [0, 0.1) is 30.1 Å². The molecule has 0 N–H and O–H groups in total. The van der Waals surface area contributed by atoms with Crippen molar-refractivity contribution in [1.82, 2.24) is 14.5 Å². The molecule has 68 heavy (non-hydrogen) atoms. The first kappa shape index (κ1) is 57.8.